The van der Waals surface area contributed by atoms with Gasteiger partial charge in [-0.15, -0.1) is 0 Å². The average molecular weight is 281 g/mol. The number of piperidine rings is 1. The van der Waals surface area contributed by atoms with Gasteiger partial charge in [-0.05, 0) is 30.6 Å². The van der Waals surface area contributed by atoms with Crippen LogP contribution in [0.4, 0.5) is 0 Å². The fraction of sp³-hybridized carbons (Fsp3) is 0.867. The Balaban J connectivity index is 1.90. The summed E-state index contributed by atoms with van der Waals surface area (Å²) >= 11 is 0. The van der Waals surface area contributed by atoms with E-state index in [4.69, 9.17) is 5.73 Å². The molecule has 5 nitrogen and oxygen atoms in total. The Bertz CT molecular complexity index is 387. The van der Waals surface area contributed by atoms with E-state index >= 15 is 0 Å². The third kappa shape index (κ3) is 2.97. The van der Waals surface area contributed by atoms with Crippen LogP contribution in [-0.4, -0.2) is 53.8 Å². The average Bonchev–Trinajstić information content (AvgIpc) is 2.82. The molecule has 114 valence electrons. The molecule has 2 N–H and O–H groups in total. The van der Waals surface area contributed by atoms with E-state index in [0.717, 1.165) is 45.4 Å². The van der Waals surface area contributed by atoms with Gasteiger partial charge in [0.2, 0.25) is 11.8 Å². The van der Waals surface area contributed by atoms with E-state index in [1.807, 2.05) is 23.6 Å². The Morgan fingerprint density at radius 1 is 1.05 bits per heavy atom. The number of carbonyl (C=O) groups excluding carboxylic acids is 2. The summed E-state index contributed by atoms with van der Waals surface area (Å²) in [5.41, 5.74) is 6.19. The summed E-state index contributed by atoms with van der Waals surface area (Å²) < 4.78 is 0. The van der Waals surface area contributed by atoms with Crippen LogP contribution < -0.4 is 5.73 Å². The Morgan fingerprint density at radius 3 is 1.95 bits per heavy atom. The van der Waals surface area contributed by atoms with E-state index in [1.165, 1.54) is 0 Å². The molecule has 2 heterocycles. The fourth-order valence-electron chi connectivity index (χ4n) is 3.31. The molecule has 20 heavy (non-hydrogen) atoms. The molecule has 0 aromatic carbocycles. The molecule has 2 saturated heterocycles. The molecule has 1 spiro atoms. The SMILES string of the molecule is CC(=O)N1CCC2(CCN(C(=O)C(N)C(C)C)CC2)C1. The molecule has 0 aliphatic carbocycles. The van der Waals surface area contributed by atoms with Crippen molar-refractivity contribution >= 4 is 11.8 Å². The molecule has 1 atom stereocenters. The van der Waals surface area contributed by atoms with Crippen molar-refractivity contribution in [2.24, 2.45) is 17.1 Å². The molecule has 2 amide bonds. The van der Waals surface area contributed by atoms with Crippen molar-refractivity contribution in [2.75, 3.05) is 26.2 Å². The summed E-state index contributed by atoms with van der Waals surface area (Å²) in [4.78, 5) is 27.6. The smallest absolute Gasteiger partial charge is 0.239 e. The third-order valence-corrected chi connectivity index (χ3v) is 5.02. The summed E-state index contributed by atoms with van der Waals surface area (Å²) in [5, 5.41) is 0. The molecule has 5 heteroatoms. The van der Waals surface area contributed by atoms with Crippen molar-refractivity contribution in [2.45, 2.75) is 46.1 Å². The van der Waals surface area contributed by atoms with E-state index < -0.39 is 0 Å². The largest absolute Gasteiger partial charge is 0.342 e. The maximum absolute atomic E-state index is 12.3. The maximum atomic E-state index is 12.3. The zero-order chi connectivity index (χ0) is 14.9. The molecule has 0 aromatic heterocycles. The highest BCUT2D eigenvalue weighted by Crippen LogP contribution is 2.40. The second-order valence-electron chi connectivity index (χ2n) is 6.79. The second kappa shape index (κ2) is 5.72. The van der Waals surface area contributed by atoms with Crippen LogP contribution in [0.25, 0.3) is 0 Å². The van der Waals surface area contributed by atoms with Crippen LogP contribution in [0.5, 0.6) is 0 Å². The summed E-state index contributed by atoms with van der Waals surface area (Å²) in [6, 6.07) is -0.388. The van der Waals surface area contributed by atoms with Gasteiger partial charge in [0.15, 0.2) is 0 Å². The van der Waals surface area contributed by atoms with Gasteiger partial charge in [0, 0.05) is 33.1 Å². The van der Waals surface area contributed by atoms with Crippen LogP contribution in [0.3, 0.4) is 0 Å². The first kappa shape index (κ1) is 15.3. The lowest BCUT2D eigenvalue weighted by Gasteiger charge is -2.40. The minimum absolute atomic E-state index is 0.0799. The van der Waals surface area contributed by atoms with Gasteiger partial charge in [-0.2, -0.15) is 0 Å². The van der Waals surface area contributed by atoms with Crippen LogP contribution in [0.1, 0.15) is 40.0 Å². The number of likely N-dealkylation sites (tertiary alicyclic amines) is 2. The van der Waals surface area contributed by atoms with Gasteiger partial charge in [0.25, 0.3) is 0 Å². The van der Waals surface area contributed by atoms with Crippen LogP contribution in [0.15, 0.2) is 0 Å². The van der Waals surface area contributed by atoms with E-state index in [-0.39, 0.29) is 29.2 Å². The lowest BCUT2D eigenvalue weighted by Crippen LogP contribution is -2.51. The molecule has 2 aliphatic heterocycles. The zero-order valence-corrected chi connectivity index (χ0v) is 12.9. The monoisotopic (exact) mass is 281 g/mol. The summed E-state index contributed by atoms with van der Waals surface area (Å²) in [6.45, 7) is 8.90. The lowest BCUT2D eigenvalue weighted by atomic mass is 9.77. The van der Waals surface area contributed by atoms with Gasteiger partial charge in [0.1, 0.15) is 0 Å². The van der Waals surface area contributed by atoms with Crippen molar-refractivity contribution in [1.82, 2.24) is 9.80 Å². The Labute approximate surface area is 121 Å². The Morgan fingerprint density at radius 2 is 1.55 bits per heavy atom. The highest BCUT2D eigenvalue weighted by Gasteiger charge is 2.42. The molecule has 0 aromatic rings. The second-order valence-corrected chi connectivity index (χ2v) is 6.79. The third-order valence-electron chi connectivity index (χ3n) is 5.02. The number of rotatable bonds is 2. The maximum Gasteiger partial charge on any atom is 0.239 e. The van der Waals surface area contributed by atoms with Crippen molar-refractivity contribution in [3.8, 4) is 0 Å². The number of carbonyl (C=O) groups is 2. The number of nitrogens with two attached hydrogens (primary N) is 1. The van der Waals surface area contributed by atoms with E-state index in [9.17, 15) is 9.59 Å². The summed E-state index contributed by atoms with van der Waals surface area (Å²) in [7, 11) is 0. The molecule has 2 fully saturated rings. The first-order valence-electron chi connectivity index (χ1n) is 7.64. The van der Waals surface area contributed by atoms with Crippen LogP contribution in [0, 0.1) is 11.3 Å². The lowest BCUT2D eigenvalue weighted by molar-refractivity contribution is -0.136. The zero-order valence-electron chi connectivity index (χ0n) is 12.9. The van der Waals surface area contributed by atoms with Crippen molar-refractivity contribution in [3.05, 3.63) is 0 Å². The van der Waals surface area contributed by atoms with Gasteiger partial charge in [-0.25, -0.2) is 0 Å². The predicted molar refractivity (Wildman–Crippen MR) is 77.9 cm³/mol. The predicted octanol–water partition coefficient (Wildman–Crippen LogP) is 0.831. The Kier molecular flexibility index (Phi) is 4.37. The minimum Gasteiger partial charge on any atom is -0.342 e. The van der Waals surface area contributed by atoms with Gasteiger partial charge in [-0.3, -0.25) is 9.59 Å². The highest BCUT2D eigenvalue weighted by molar-refractivity contribution is 5.82. The normalized spacial score (nSPS) is 23.4. The van der Waals surface area contributed by atoms with E-state index in [0.29, 0.717) is 0 Å². The molecule has 0 radical (unpaired) electrons. The van der Waals surface area contributed by atoms with Gasteiger partial charge >= 0.3 is 0 Å². The van der Waals surface area contributed by atoms with E-state index in [1.54, 1.807) is 6.92 Å². The van der Waals surface area contributed by atoms with Gasteiger partial charge in [0.05, 0.1) is 6.04 Å². The standard InChI is InChI=1S/C15H27N3O2/c1-11(2)13(16)14(20)17-7-4-15(5-8-17)6-9-18(10-15)12(3)19/h11,13H,4-10,16H2,1-3H3. The summed E-state index contributed by atoms with van der Waals surface area (Å²) in [6.07, 6.45) is 3.06. The highest BCUT2D eigenvalue weighted by atomic mass is 16.2. The number of nitrogens with zero attached hydrogens (tertiary/aromatic N) is 2. The molecular formula is C15H27N3O2. The van der Waals surface area contributed by atoms with Gasteiger partial charge < -0.3 is 15.5 Å². The van der Waals surface area contributed by atoms with Crippen molar-refractivity contribution in [1.29, 1.82) is 0 Å². The quantitative estimate of drug-likeness (QED) is 0.815. The number of amides is 2. The van der Waals surface area contributed by atoms with Gasteiger partial charge in [-0.1, -0.05) is 13.8 Å². The molecule has 0 saturated carbocycles. The number of hydrogen-bond acceptors (Lipinski definition) is 3. The van der Waals surface area contributed by atoms with Crippen molar-refractivity contribution in [3.63, 3.8) is 0 Å². The van der Waals surface area contributed by atoms with Crippen molar-refractivity contribution < 1.29 is 9.59 Å². The first-order valence-corrected chi connectivity index (χ1v) is 7.64. The molecule has 0 bridgehead atoms. The number of hydrogen-bond donors (Lipinski definition) is 1. The molecule has 2 rings (SSSR count). The first-order chi connectivity index (χ1) is 9.34. The minimum atomic E-state index is -0.388. The van der Waals surface area contributed by atoms with Crippen LogP contribution >= 0.6 is 0 Å². The fourth-order valence-corrected chi connectivity index (χ4v) is 3.31. The molecular weight excluding hydrogens is 254 g/mol. The Hall–Kier alpha value is -1.10. The molecule has 1 unspecified atom stereocenters. The molecule has 2 aliphatic rings. The topological polar surface area (TPSA) is 66.6 Å². The van der Waals surface area contributed by atoms with Crippen LogP contribution in [0.2, 0.25) is 0 Å². The summed E-state index contributed by atoms with van der Waals surface area (Å²) in [5.74, 6) is 0.427. The van der Waals surface area contributed by atoms with E-state index in [2.05, 4.69) is 0 Å². The van der Waals surface area contributed by atoms with Crippen LogP contribution in [-0.2, 0) is 9.59 Å².